The molecule has 4 nitrogen and oxygen atoms in total. The first-order valence-corrected chi connectivity index (χ1v) is 10.0. The molecule has 0 aliphatic heterocycles. The van der Waals surface area contributed by atoms with Crippen LogP contribution in [0.15, 0.2) is 42.5 Å². The lowest BCUT2D eigenvalue weighted by Gasteiger charge is -2.16. The van der Waals surface area contributed by atoms with Gasteiger partial charge >= 0.3 is 0 Å². The van der Waals surface area contributed by atoms with Crippen molar-refractivity contribution in [1.29, 1.82) is 0 Å². The minimum absolute atomic E-state index is 0.113. The highest BCUT2D eigenvalue weighted by molar-refractivity contribution is 6.07. The van der Waals surface area contributed by atoms with Gasteiger partial charge in [-0.1, -0.05) is 33.3 Å². The number of hydrogen-bond donors (Lipinski definition) is 1. The summed E-state index contributed by atoms with van der Waals surface area (Å²) < 4.78 is 11.8. The fourth-order valence-corrected chi connectivity index (χ4v) is 2.84. The Labute approximate surface area is 167 Å². The number of phenols is 1. The molecule has 0 saturated carbocycles. The molecular formula is C24H30O4. The largest absolute Gasteiger partial charge is 0.508 e. The van der Waals surface area contributed by atoms with Gasteiger partial charge in [-0.15, -0.1) is 0 Å². The number of aromatic hydroxyl groups is 1. The van der Waals surface area contributed by atoms with Crippen molar-refractivity contribution in [1.82, 2.24) is 0 Å². The van der Waals surface area contributed by atoms with E-state index in [1.54, 1.807) is 18.2 Å². The number of benzene rings is 2. The second kappa shape index (κ2) is 11.2. The van der Waals surface area contributed by atoms with Gasteiger partial charge < -0.3 is 14.6 Å². The van der Waals surface area contributed by atoms with Gasteiger partial charge in [-0.3, -0.25) is 4.79 Å². The van der Waals surface area contributed by atoms with Gasteiger partial charge in [0.25, 0.3) is 0 Å². The average Bonchev–Trinajstić information content (AvgIpc) is 2.71. The number of phenolic OH excluding ortho intramolecular Hbond substituents is 1. The third kappa shape index (κ3) is 6.15. The third-order valence-electron chi connectivity index (χ3n) is 4.22. The van der Waals surface area contributed by atoms with Crippen molar-refractivity contribution in [3.8, 4) is 17.2 Å². The molecule has 2 rings (SSSR count). The Bertz CT molecular complexity index is 791. The van der Waals surface area contributed by atoms with E-state index in [9.17, 15) is 9.90 Å². The zero-order valence-corrected chi connectivity index (χ0v) is 17.0. The quantitative estimate of drug-likeness (QED) is 0.393. The molecule has 0 saturated heterocycles. The van der Waals surface area contributed by atoms with Gasteiger partial charge in [-0.25, -0.2) is 0 Å². The van der Waals surface area contributed by atoms with E-state index in [1.807, 2.05) is 18.2 Å². The Balaban J connectivity index is 2.37. The number of carbonyl (C=O) groups excluding carboxylic acids is 1. The van der Waals surface area contributed by atoms with E-state index < -0.39 is 0 Å². The SMILES string of the molecule is CCCOc1cc(C=CC(=O)c2ccc(O)cc2)c(CCC)c(OCCC)c1. The molecule has 0 radical (unpaired) electrons. The van der Waals surface area contributed by atoms with Crippen LogP contribution in [0, 0.1) is 0 Å². The summed E-state index contributed by atoms with van der Waals surface area (Å²) in [5.74, 6) is 1.61. The van der Waals surface area contributed by atoms with Crippen molar-refractivity contribution < 1.29 is 19.4 Å². The van der Waals surface area contributed by atoms with Crippen LogP contribution < -0.4 is 9.47 Å². The molecule has 0 unspecified atom stereocenters. The normalized spacial score (nSPS) is 11.0. The summed E-state index contributed by atoms with van der Waals surface area (Å²) in [4.78, 5) is 12.5. The highest BCUT2D eigenvalue weighted by atomic mass is 16.5. The smallest absolute Gasteiger partial charge is 0.185 e. The number of allylic oxidation sites excluding steroid dienone is 1. The van der Waals surface area contributed by atoms with Crippen molar-refractivity contribution in [2.24, 2.45) is 0 Å². The predicted molar refractivity (Wildman–Crippen MR) is 113 cm³/mol. The van der Waals surface area contributed by atoms with Crippen LogP contribution in [0.3, 0.4) is 0 Å². The molecule has 0 spiro atoms. The van der Waals surface area contributed by atoms with Gasteiger partial charge in [0.05, 0.1) is 13.2 Å². The van der Waals surface area contributed by atoms with Gasteiger partial charge in [-0.05, 0) is 61.2 Å². The number of ketones is 1. The molecule has 0 bridgehead atoms. The maximum Gasteiger partial charge on any atom is 0.185 e. The van der Waals surface area contributed by atoms with Gasteiger partial charge in [0.15, 0.2) is 5.78 Å². The molecule has 2 aromatic rings. The van der Waals surface area contributed by atoms with Crippen LogP contribution in [-0.2, 0) is 6.42 Å². The Morgan fingerprint density at radius 2 is 1.64 bits per heavy atom. The lowest BCUT2D eigenvalue weighted by molar-refractivity contribution is 0.104. The van der Waals surface area contributed by atoms with Gasteiger partial charge in [-0.2, -0.15) is 0 Å². The monoisotopic (exact) mass is 382 g/mol. The molecule has 0 aliphatic carbocycles. The van der Waals surface area contributed by atoms with Crippen LogP contribution in [0.1, 0.15) is 61.5 Å². The Morgan fingerprint density at radius 1 is 0.964 bits per heavy atom. The second-order valence-electron chi connectivity index (χ2n) is 6.68. The summed E-state index contributed by atoms with van der Waals surface area (Å²) in [5.41, 5.74) is 2.56. The molecule has 1 N–H and O–H groups in total. The van der Waals surface area contributed by atoms with Crippen molar-refractivity contribution in [3.63, 3.8) is 0 Å². The van der Waals surface area contributed by atoms with E-state index in [0.717, 1.165) is 48.3 Å². The van der Waals surface area contributed by atoms with Gasteiger partial charge in [0, 0.05) is 17.2 Å². The summed E-state index contributed by atoms with van der Waals surface area (Å²) in [7, 11) is 0. The summed E-state index contributed by atoms with van der Waals surface area (Å²) >= 11 is 0. The average molecular weight is 383 g/mol. The molecule has 0 aromatic heterocycles. The lowest BCUT2D eigenvalue weighted by atomic mass is 10.00. The zero-order chi connectivity index (χ0) is 20.4. The molecule has 28 heavy (non-hydrogen) atoms. The molecule has 0 amide bonds. The number of carbonyl (C=O) groups is 1. The zero-order valence-electron chi connectivity index (χ0n) is 17.0. The van der Waals surface area contributed by atoms with Crippen molar-refractivity contribution in [2.75, 3.05) is 13.2 Å². The first-order chi connectivity index (χ1) is 13.6. The summed E-state index contributed by atoms with van der Waals surface area (Å²) in [6, 6.07) is 10.2. The Morgan fingerprint density at radius 3 is 2.29 bits per heavy atom. The Hall–Kier alpha value is -2.75. The first-order valence-electron chi connectivity index (χ1n) is 10.0. The second-order valence-corrected chi connectivity index (χ2v) is 6.68. The fourth-order valence-electron chi connectivity index (χ4n) is 2.84. The van der Waals surface area contributed by atoms with Gasteiger partial charge in [0.1, 0.15) is 17.2 Å². The highest BCUT2D eigenvalue weighted by Gasteiger charge is 2.12. The van der Waals surface area contributed by atoms with Crippen molar-refractivity contribution in [2.45, 2.75) is 46.5 Å². The maximum atomic E-state index is 12.5. The van der Waals surface area contributed by atoms with E-state index >= 15 is 0 Å². The Kier molecular flexibility index (Phi) is 8.60. The standard InChI is InChI=1S/C24H30O4/c1-4-7-22-19(10-13-23(26)18-8-11-20(25)12-9-18)16-21(27-14-5-2)17-24(22)28-15-6-3/h8-13,16-17,25H,4-7,14-15H2,1-3H3. The van der Waals surface area contributed by atoms with Crippen LogP contribution in [0.25, 0.3) is 6.08 Å². The fraction of sp³-hybridized carbons (Fsp3) is 0.375. The van der Waals surface area contributed by atoms with Crippen LogP contribution in [0.5, 0.6) is 17.2 Å². The molecule has 0 heterocycles. The molecule has 4 heteroatoms. The van der Waals surface area contributed by atoms with Crippen molar-refractivity contribution in [3.05, 3.63) is 59.2 Å². The third-order valence-corrected chi connectivity index (χ3v) is 4.22. The molecular weight excluding hydrogens is 352 g/mol. The molecule has 2 aromatic carbocycles. The van der Waals surface area contributed by atoms with E-state index in [1.165, 1.54) is 12.1 Å². The van der Waals surface area contributed by atoms with E-state index in [0.29, 0.717) is 18.8 Å². The van der Waals surface area contributed by atoms with E-state index in [4.69, 9.17) is 9.47 Å². The lowest BCUT2D eigenvalue weighted by Crippen LogP contribution is -2.03. The van der Waals surface area contributed by atoms with E-state index in [-0.39, 0.29) is 11.5 Å². The summed E-state index contributed by atoms with van der Waals surface area (Å²) in [6.07, 6.45) is 7.08. The minimum atomic E-state index is -0.113. The molecule has 150 valence electrons. The number of hydrogen-bond acceptors (Lipinski definition) is 4. The first kappa shape index (κ1) is 21.5. The van der Waals surface area contributed by atoms with Crippen LogP contribution in [-0.4, -0.2) is 24.1 Å². The topological polar surface area (TPSA) is 55.8 Å². The van der Waals surface area contributed by atoms with Gasteiger partial charge in [0.2, 0.25) is 0 Å². The molecule has 0 aliphatic rings. The number of rotatable bonds is 11. The predicted octanol–water partition coefficient (Wildman–Crippen LogP) is 5.82. The van der Waals surface area contributed by atoms with Crippen LogP contribution in [0.4, 0.5) is 0 Å². The minimum Gasteiger partial charge on any atom is -0.508 e. The van der Waals surface area contributed by atoms with Crippen LogP contribution in [0.2, 0.25) is 0 Å². The summed E-state index contributed by atoms with van der Waals surface area (Å²) in [5, 5.41) is 9.39. The highest BCUT2D eigenvalue weighted by Crippen LogP contribution is 2.31. The van der Waals surface area contributed by atoms with Crippen molar-refractivity contribution >= 4 is 11.9 Å². The molecule has 0 atom stereocenters. The maximum absolute atomic E-state index is 12.5. The summed E-state index contributed by atoms with van der Waals surface area (Å²) in [6.45, 7) is 7.55. The molecule has 0 fully saturated rings. The number of ether oxygens (including phenoxy) is 2. The van der Waals surface area contributed by atoms with Crippen LogP contribution >= 0.6 is 0 Å². The van der Waals surface area contributed by atoms with E-state index in [2.05, 4.69) is 20.8 Å².